The van der Waals surface area contributed by atoms with Crippen molar-refractivity contribution in [3.05, 3.63) is 0 Å². The first kappa shape index (κ1) is 27.8. The van der Waals surface area contributed by atoms with Gasteiger partial charge in [0.15, 0.2) is 0 Å². The molecule has 1 fully saturated rings. The quantitative estimate of drug-likeness (QED) is 0.136. The Hall–Kier alpha value is 0.729. The topological polar surface area (TPSA) is 52.6 Å². The Kier molecular flexibility index (Phi) is 17.5. The molecule has 7 heteroatoms. The molecule has 0 aromatic carbocycles. The Morgan fingerprint density at radius 2 is 1.41 bits per heavy atom. The molecule has 0 N–H and O–H groups in total. The molecule has 4 nitrogen and oxygen atoms in total. The van der Waals surface area contributed by atoms with Gasteiger partial charge < -0.3 is 0 Å². The van der Waals surface area contributed by atoms with Crippen molar-refractivity contribution in [3.8, 4) is 0 Å². The first-order valence-corrected chi connectivity index (χ1v) is 21.8. The van der Waals surface area contributed by atoms with Crippen molar-refractivity contribution in [3.63, 3.8) is 0 Å². The van der Waals surface area contributed by atoms with E-state index in [1.54, 1.807) is 0 Å². The molecular formula is C22H42O4S2Sn. The van der Waals surface area contributed by atoms with E-state index in [1.165, 1.54) is 82.1 Å². The molecule has 1 aliphatic heterocycles. The molecule has 1 aliphatic rings. The molecule has 0 bridgehead atoms. The molecule has 170 valence electrons. The summed E-state index contributed by atoms with van der Waals surface area (Å²) in [5, 5.41) is 0. The maximum absolute atomic E-state index is 12.1. The van der Waals surface area contributed by atoms with Gasteiger partial charge >= 0.3 is 178 Å². The van der Waals surface area contributed by atoms with Crippen LogP contribution in [-0.4, -0.2) is 53.3 Å². The monoisotopic (exact) mass is 554 g/mol. The van der Waals surface area contributed by atoms with E-state index in [2.05, 4.69) is 13.8 Å². The van der Waals surface area contributed by atoms with Gasteiger partial charge in [0, 0.05) is 0 Å². The van der Waals surface area contributed by atoms with E-state index in [1.807, 2.05) is 0 Å². The van der Waals surface area contributed by atoms with Crippen molar-refractivity contribution in [1.82, 2.24) is 0 Å². The first-order valence-electron chi connectivity index (χ1n) is 11.7. The molecule has 0 unspecified atom stereocenters. The van der Waals surface area contributed by atoms with Gasteiger partial charge in [-0.2, -0.15) is 0 Å². The van der Waals surface area contributed by atoms with Crippen molar-refractivity contribution in [2.75, 3.05) is 24.7 Å². The summed E-state index contributed by atoms with van der Waals surface area (Å²) < 4.78 is 24.1. The standard InChI is InChI=1S/C22H44O3S2.O.Sn/c1-3-5-7-9-11-13-15-22(25-17-18-26,20-24-21(23)19-27)16-14-12-10-8-6-4-2;;/h26-27H,3-20H2,1-2H3;;/q;;+2/p-2. The number of carbonyl (C=O) groups excluding carboxylic acids is 1. The van der Waals surface area contributed by atoms with Crippen LogP contribution in [0.25, 0.3) is 0 Å². The van der Waals surface area contributed by atoms with Gasteiger partial charge in [-0.3, -0.25) is 0 Å². The van der Waals surface area contributed by atoms with Crippen LogP contribution in [0.3, 0.4) is 0 Å². The molecule has 0 saturated carbocycles. The van der Waals surface area contributed by atoms with E-state index in [-0.39, 0.29) is 17.3 Å². The second-order valence-corrected chi connectivity index (χ2v) is 22.5. The fraction of sp³-hybridized carbons (Fsp3) is 0.955. The normalized spacial score (nSPS) is 18.3. The van der Waals surface area contributed by atoms with Gasteiger partial charge in [0.2, 0.25) is 0 Å². The molecule has 0 atom stereocenters. The third kappa shape index (κ3) is 14.4. The van der Waals surface area contributed by atoms with Crippen LogP contribution in [0.5, 0.6) is 0 Å². The Bertz CT molecular complexity index is 433. The van der Waals surface area contributed by atoms with Crippen LogP contribution in [0.2, 0.25) is 0 Å². The molecule has 0 radical (unpaired) electrons. The van der Waals surface area contributed by atoms with Gasteiger partial charge in [0.05, 0.1) is 0 Å². The molecule has 29 heavy (non-hydrogen) atoms. The molecule has 0 amide bonds. The third-order valence-electron chi connectivity index (χ3n) is 5.49. The minimum absolute atomic E-state index is 0.231. The van der Waals surface area contributed by atoms with Crippen molar-refractivity contribution in [1.29, 1.82) is 0 Å². The Labute approximate surface area is 191 Å². The average molecular weight is 553 g/mol. The summed E-state index contributed by atoms with van der Waals surface area (Å²) in [5.41, 5.74) is -0.354. The zero-order valence-corrected chi connectivity index (χ0v) is 23.2. The van der Waals surface area contributed by atoms with Crippen molar-refractivity contribution < 1.29 is 17.3 Å². The van der Waals surface area contributed by atoms with Gasteiger partial charge in [-0.15, -0.1) is 0 Å². The molecular weight excluding hydrogens is 511 g/mol. The van der Waals surface area contributed by atoms with Crippen LogP contribution in [0.1, 0.15) is 104 Å². The number of ether oxygens (including phenoxy) is 2. The van der Waals surface area contributed by atoms with Crippen LogP contribution < -0.4 is 0 Å². The van der Waals surface area contributed by atoms with E-state index < -0.39 is 17.0 Å². The molecule has 0 aromatic heterocycles. The SMILES string of the molecule is CCCCCCCCC1(CCCCCCCC)COC(=O)C[S][Sn](=[O])[S]CCO1. The molecule has 1 heterocycles. The summed E-state index contributed by atoms with van der Waals surface area (Å²) in [4.78, 5) is 12.1. The summed E-state index contributed by atoms with van der Waals surface area (Å²) in [6.07, 6.45) is 16.9. The average Bonchev–Trinajstić information content (AvgIpc) is 2.75. The van der Waals surface area contributed by atoms with Crippen molar-refractivity contribution in [2.45, 2.75) is 109 Å². The fourth-order valence-electron chi connectivity index (χ4n) is 3.71. The summed E-state index contributed by atoms with van der Waals surface area (Å²) in [6, 6.07) is 0. The predicted octanol–water partition coefficient (Wildman–Crippen LogP) is 6.68. The number of unbranched alkanes of at least 4 members (excludes halogenated alkanes) is 10. The number of esters is 1. The molecule has 1 rings (SSSR count). The van der Waals surface area contributed by atoms with Crippen molar-refractivity contribution >= 4 is 40.8 Å². The van der Waals surface area contributed by atoms with E-state index >= 15 is 0 Å². The Morgan fingerprint density at radius 3 is 2.00 bits per heavy atom. The fourth-order valence-corrected chi connectivity index (χ4v) is 13.9. The summed E-state index contributed by atoms with van der Waals surface area (Å²) >= 11 is -2.76. The van der Waals surface area contributed by atoms with Crippen molar-refractivity contribution in [2.24, 2.45) is 0 Å². The first-order chi connectivity index (χ1) is 14.1. The predicted molar refractivity (Wildman–Crippen MR) is 127 cm³/mol. The van der Waals surface area contributed by atoms with Gasteiger partial charge in [-0.25, -0.2) is 0 Å². The van der Waals surface area contributed by atoms with E-state index in [9.17, 15) is 7.87 Å². The molecule has 0 spiro atoms. The number of hydrogen-bond donors (Lipinski definition) is 0. The number of rotatable bonds is 14. The van der Waals surface area contributed by atoms with Crippen LogP contribution in [-0.2, 0) is 17.3 Å². The number of hydrogen-bond acceptors (Lipinski definition) is 6. The summed E-state index contributed by atoms with van der Waals surface area (Å²) in [6.45, 7) is 5.46. The van der Waals surface area contributed by atoms with Gasteiger partial charge in [-0.1, -0.05) is 13.8 Å². The van der Waals surface area contributed by atoms with E-state index in [4.69, 9.17) is 9.47 Å². The van der Waals surface area contributed by atoms with Gasteiger partial charge in [0.1, 0.15) is 0 Å². The van der Waals surface area contributed by atoms with Crippen LogP contribution in [0.15, 0.2) is 0 Å². The number of carbonyl (C=O) groups is 1. The van der Waals surface area contributed by atoms with E-state index in [0.29, 0.717) is 13.2 Å². The summed E-state index contributed by atoms with van der Waals surface area (Å²) in [5.74, 6) is 0.772. The molecule has 1 saturated heterocycles. The zero-order valence-electron chi connectivity index (χ0n) is 18.7. The summed E-state index contributed by atoms with van der Waals surface area (Å²) in [7, 11) is 2.86. The van der Waals surface area contributed by atoms with Crippen LogP contribution >= 0.6 is 17.9 Å². The Balaban J connectivity index is 2.62. The second kappa shape index (κ2) is 18.3. The van der Waals surface area contributed by atoms with Crippen LogP contribution in [0.4, 0.5) is 0 Å². The number of cyclic esters (lactones) is 1. The van der Waals surface area contributed by atoms with Crippen LogP contribution in [0, 0.1) is 0 Å². The minimum atomic E-state index is -2.76. The zero-order chi connectivity index (χ0) is 21.2. The van der Waals surface area contributed by atoms with E-state index in [0.717, 1.165) is 31.4 Å². The Morgan fingerprint density at radius 1 is 0.862 bits per heavy atom. The molecule has 0 aliphatic carbocycles. The molecule has 0 aromatic rings. The maximum atomic E-state index is 12.1. The van der Waals surface area contributed by atoms with Gasteiger partial charge in [-0.05, 0) is 0 Å². The second-order valence-electron chi connectivity index (χ2n) is 8.11. The third-order valence-corrected chi connectivity index (χ3v) is 18.5. The van der Waals surface area contributed by atoms with Gasteiger partial charge in [0.25, 0.3) is 0 Å².